The average Bonchev–Trinajstić information content (AvgIpc) is 3.41. The molecule has 6 rings (SSSR count). The van der Waals surface area contributed by atoms with Crippen LogP contribution in [0, 0.1) is 5.82 Å². The lowest BCUT2D eigenvalue weighted by molar-refractivity contribution is -0.144. The van der Waals surface area contributed by atoms with E-state index in [2.05, 4.69) is 19.7 Å². The fraction of sp³-hybridized carbons (Fsp3) is 0.250. The van der Waals surface area contributed by atoms with E-state index in [-0.39, 0.29) is 21.3 Å². The number of hydrogen-bond acceptors (Lipinski definition) is 11. The van der Waals surface area contributed by atoms with Gasteiger partial charge in [0.15, 0.2) is 6.10 Å². The van der Waals surface area contributed by atoms with Gasteiger partial charge in [0.1, 0.15) is 23.0 Å². The number of carboxylic acids is 1. The van der Waals surface area contributed by atoms with Crippen LogP contribution in [0.3, 0.4) is 0 Å². The Morgan fingerprint density at radius 3 is 2.49 bits per heavy atom. The Bertz CT molecular complexity index is 2120. The molecule has 5 aromatic rings. The molecule has 3 heterocycles. The SMILES string of the molecule is CC(Oc1ccc(Oc2cnc3cc(Cl)ccc3n2)cc1)C(=O)O.COC(=O)CSc1cc(N=c2sc(=O)n3n2CCCC3)c(F)cc1Cl. The van der Waals surface area contributed by atoms with Gasteiger partial charge in [-0.25, -0.2) is 28.8 Å². The van der Waals surface area contributed by atoms with Gasteiger partial charge in [-0.1, -0.05) is 23.2 Å². The van der Waals surface area contributed by atoms with Crippen molar-refractivity contribution < 1.29 is 33.3 Å². The highest BCUT2D eigenvalue weighted by Gasteiger charge is 2.16. The molecular weight excluding hydrogens is 720 g/mol. The lowest BCUT2D eigenvalue weighted by Gasteiger charge is -2.15. The predicted octanol–water partition coefficient (Wildman–Crippen LogP) is 6.72. The molecule has 1 aliphatic rings. The Morgan fingerprint density at radius 2 is 1.78 bits per heavy atom. The molecule has 1 aliphatic heterocycles. The van der Waals surface area contributed by atoms with Crippen molar-refractivity contribution in [3.8, 4) is 17.4 Å². The molecule has 1 atom stereocenters. The molecule has 0 radical (unpaired) electrons. The smallest absolute Gasteiger partial charge is 0.344 e. The van der Waals surface area contributed by atoms with Gasteiger partial charge < -0.3 is 19.3 Å². The van der Waals surface area contributed by atoms with Gasteiger partial charge in [0, 0.05) is 23.0 Å². The van der Waals surface area contributed by atoms with Gasteiger partial charge in [0.05, 0.1) is 35.1 Å². The third kappa shape index (κ3) is 9.38. The second-order valence-corrected chi connectivity index (χ2v) is 13.1. The summed E-state index contributed by atoms with van der Waals surface area (Å²) in [6.07, 6.45) is 2.48. The van der Waals surface area contributed by atoms with Crippen molar-refractivity contribution >= 4 is 75.0 Å². The first-order valence-electron chi connectivity index (χ1n) is 14.6. The Kier molecular flexibility index (Phi) is 11.9. The fourth-order valence-electron chi connectivity index (χ4n) is 4.41. The molecule has 1 unspecified atom stereocenters. The van der Waals surface area contributed by atoms with Gasteiger partial charge in [-0.2, -0.15) is 0 Å². The molecule has 0 saturated carbocycles. The Labute approximate surface area is 296 Å². The van der Waals surface area contributed by atoms with Crippen LogP contribution in [0.1, 0.15) is 19.8 Å². The number of methoxy groups -OCH3 is 1. The number of halogens is 3. The van der Waals surface area contributed by atoms with Crippen LogP contribution in [0.2, 0.25) is 10.0 Å². The highest BCUT2D eigenvalue weighted by atomic mass is 35.5. The number of ether oxygens (including phenoxy) is 3. The Hall–Kier alpha value is -4.44. The van der Waals surface area contributed by atoms with Gasteiger partial charge in [-0.05, 0) is 85.7 Å². The molecular formula is C32H28Cl2FN5O7S2. The number of nitrogens with zero attached hydrogens (tertiary/aromatic N) is 5. The first kappa shape index (κ1) is 35.9. The van der Waals surface area contributed by atoms with Crippen LogP contribution >= 0.6 is 46.3 Å². The maximum Gasteiger partial charge on any atom is 0.344 e. The number of carboxylic acid groups (broad SMARTS) is 1. The van der Waals surface area contributed by atoms with Crippen LogP contribution in [-0.2, 0) is 27.4 Å². The summed E-state index contributed by atoms with van der Waals surface area (Å²) in [6.45, 7) is 2.79. The lowest BCUT2D eigenvalue weighted by Crippen LogP contribution is -2.31. The number of aromatic nitrogens is 4. The van der Waals surface area contributed by atoms with Gasteiger partial charge in [-0.15, -0.1) is 11.8 Å². The van der Waals surface area contributed by atoms with Crippen molar-refractivity contribution in [2.45, 2.75) is 43.9 Å². The van der Waals surface area contributed by atoms with E-state index in [4.69, 9.17) is 37.8 Å². The van der Waals surface area contributed by atoms with Crippen molar-refractivity contribution in [1.29, 1.82) is 0 Å². The van der Waals surface area contributed by atoms with E-state index in [0.29, 0.717) is 56.2 Å². The Morgan fingerprint density at radius 1 is 1.06 bits per heavy atom. The number of esters is 1. The number of fused-ring (bicyclic) bond motifs is 2. The second-order valence-electron chi connectivity index (χ2n) is 10.3. The minimum Gasteiger partial charge on any atom is -0.479 e. The number of benzene rings is 3. The summed E-state index contributed by atoms with van der Waals surface area (Å²) in [5.41, 5.74) is 1.44. The molecule has 0 aliphatic carbocycles. The molecule has 0 fully saturated rings. The molecule has 2 aromatic heterocycles. The summed E-state index contributed by atoms with van der Waals surface area (Å²) in [6, 6.07) is 14.5. The van der Waals surface area contributed by atoms with Crippen molar-refractivity contribution in [2.24, 2.45) is 4.99 Å². The normalized spacial score (nSPS) is 13.2. The number of rotatable bonds is 9. The second kappa shape index (κ2) is 16.3. The van der Waals surface area contributed by atoms with E-state index >= 15 is 0 Å². The van der Waals surface area contributed by atoms with Crippen LogP contribution < -0.4 is 19.1 Å². The summed E-state index contributed by atoms with van der Waals surface area (Å²) >= 11 is 14.1. The van der Waals surface area contributed by atoms with Gasteiger partial charge in [0.25, 0.3) is 0 Å². The molecule has 0 saturated heterocycles. The summed E-state index contributed by atoms with van der Waals surface area (Å²) in [5.74, 6) is -0.628. The van der Waals surface area contributed by atoms with Crippen molar-refractivity contribution in [1.82, 2.24) is 19.3 Å². The highest BCUT2D eigenvalue weighted by Crippen LogP contribution is 2.33. The summed E-state index contributed by atoms with van der Waals surface area (Å²) < 4.78 is 33.2. The number of carbonyl (C=O) groups excluding carboxylic acids is 1. The monoisotopic (exact) mass is 747 g/mol. The molecule has 12 nitrogen and oxygen atoms in total. The first-order valence-corrected chi connectivity index (χ1v) is 17.2. The van der Waals surface area contributed by atoms with E-state index < -0.39 is 23.9 Å². The predicted molar refractivity (Wildman–Crippen MR) is 184 cm³/mol. The van der Waals surface area contributed by atoms with E-state index in [9.17, 15) is 18.8 Å². The van der Waals surface area contributed by atoms with Crippen LogP contribution in [-0.4, -0.2) is 55.3 Å². The molecule has 1 N–H and O–H groups in total. The zero-order valence-corrected chi connectivity index (χ0v) is 29.1. The van der Waals surface area contributed by atoms with Gasteiger partial charge in [-0.3, -0.25) is 14.3 Å². The van der Waals surface area contributed by atoms with E-state index in [0.717, 1.165) is 42.0 Å². The minimum atomic E-state index is -1.03. The standard InChI is InChI=1S/C17H13ClN2O4.C15H15ClFN3O3S2/c1-10(17(21)22)23-12-3-5-13(6-4-12)24-16-9-19-15-8-11(18)2-7-14(15)20-16;1-23-13(21)8-24-12-7-11(10(17)6-9(12)16)18-14-19-4-2-3-5-20(19)15(22)25-14/h2-10H,1H3,(H,21,22);6-7H,2-5,8H2,1H3. The number of aliphatic carboxylic acids is 1. The molecule has 49 heavy (non-hydrogen) atoms. The third-order valence-electron chi connectivity index (χ3n) is 6.87. The number of thioether (sulfide) groups is 1. The average molecular weight is 749 g/mol. The molecule has 0 spiro atoms. The fourth-order valence-corrected chi connectivity index (χ4v) is 6.56. The number of hydrogen-bond donors (Lipinski definition) is 1. The van der Waals surface area contributed by atoms with E-state index in [1.165, 1.54) is 26.3 Å². The summed E-state index contributed by atoms with van der Waals surface area (Å²) in [4.78, 5) is 47.9. The third-order valence-corrected chi connectivity index (χ3v) is 9.43. The van der Waals surface area contributed by atoms with Gasteiger partial charge >= 0.3 is 16.8 Å². The summed E-state index contributed by atoms with van der Waals surface area (Å²) in [7, 11) is 1.30. The van der Waals surface area contributed by atoms with Crippen molar-refractivity contribution in [3.05, 3.63) is 91.1 Å². The first-order chi connectivity index (χ1) is 23.5. The zero-order chi connectivity index (χ0) is 35.1. The molecule has 17 heteroatoms. The highest BCUT2D eigenvalue weighted by molar-refractivity contribution is 8.00. The molecule has 0 bridgehead atoms. The molecule has 3 aromatic carbocycles. The quantitative estimate of drug-likeness (QED) is 0.127. The van der Waals surface area contributed by atoms with Crippen molar-refractivity contribution in [3.63, 3.8) is 0 Å². The lowest BCUT2D eigenvalue weighted by atomic mass is 10.3. The largest absolute Gasteiger partial charge is 0.479 e. The van der Waals surface area contributed by atoms with E-state index in [1.807, 2.05) is 0 Å². The molecule has 0 amide bonds. The van der Waals surface area contributed by atoms with Crippen molar-refractivity contribution in [2.75, 3.05) is 12.9 Å². The maximum absolute atomic E-state index is 14.3. The molecule has 256 valence electrons. The zero-order valence-electron chi connectivity index (χ0n) is 26.0. The van der Waals surface area contributed by atoms with Crippen LogP contribution in [0.5, 0.6) is 17.4 Å². The summed E-state index contributed by atoms with van der Waals surface area (Å²) in [5, 5.41) is 9.62. The van der Waals surface area contributed by atoms with Gasteiger partial charge in [0.2, 0.25) is 10.7 Å². The van der Waals surface area contributed by atoms with Crippen LogP contribution in [0.15, 0.2) is 75.5 Å². The maximum atomic E-state index is 14.3. The minimum absolute atomic E-state index is 0.0605. The number of carbonyl (C=O) groups is 2. The van der Waals surface area contributed by atoms with Crippen LogP contribution in [0.4, 0.5) is 10.1 Å². The van der Waals surface area contributed by atoms with Crippen LogP contribution in [0.25, 0.3) is 11.0 Å². The topological polar surface area (TPSA) is 147 Å². The van der Waals surface area contributed by atoms with E-state index in [1.54, 1.807) is 51.8 Å². The Balaban J connectivity index is 0.000000191.